The van der Waals surface area contributed by atoms with Crippen LogP contribution in [0.25, 0.3) is 0 Å². The van der Waals surface area contributed by atoms with E-state index >= 15 is 0 Å². The molecule has 3 rings (SSSR count). The van der Waals surface area contributed by atoms with Gasteiger partial charge in [0.15, 0.2) is 0 Å². The highest BCUT2D eigenvalue weighted by atomic mass is 19.1. The van der Waals surface area contributed by atoms with E-state index in [0.717, 1.165) is 11.4 Å². The molecule has 0 aliphatic rings. The zero-order valence-corrected chi connectivity index (χ0v) is 13.0. The van der Waals surface area contributed by atoms with Crippen molar-refractivity contribution < 1.29 is 9.18 Å². The second-order valence-electron chi connectivity index (χ2n) is 5.35. The summed E-state index contributed by atoms with van der Waals surface area (Å²) >= 11 is 0. The number of carbonyl (C=O) groups is 1. The van der Waals surface area contributed by atoms with Crippen LogP contribution in [0.5, 0.6) is 0 Å². The van der Waals surface area contributed by atoms with Crippen molar-refractivity contribution in [1.82, 2.24) is 0 Å². The van der Waals surface area contributed by atoms with Gasteiger partial charge in [0, 0.05) is 5.69 Å². The molecule has 0 aliphatic carbocycles. The summed E-state index contributed by atoms with van der Waals surface area (Å²) in [6, 6.07) is 23.4. The van der Waals surface area contributed by atoms with Gasteiger partial charge in [-0.25, -0.2) is 4.39 Å². The summed E-state index contributed by atoms with van der Waals surface area (Å²) < 4.78 is 13.7. The van der Waals surface area contributed by atoms with Crippen molar-refractivity contribution in [1.29, 1.82) is 0 Å². The summed E-state index contributed by atoms with van der Waals surface area (Å²) in [5.41, 5.74) is 2.74. The lowest BCUT2D eigenvalue weighted by Gasteiger charge is -2.13. The van der Waals surface area contributed by atoms with Crippen molar-refractivity contribution in [2.45, 2.75) is 6.42 Å². The highest BCUT2D eigenvalue weighted by Crippen LogP contribution is 2.25. The number of para-hydroxylation sites is 3. The van der Waals surface area contributed by atoms with Crippen molar-refractivity contribution in [2.24, 2.45) is 0 Å². The second-order valence-corrected chi connectivity index (χ2v) is 5.35. The van der Waals surface area contributed by atoms with Gasteiger partial charge in [0.25, 0.3) is 0 Å². The molecular formula is C20H17FN2O. The van der Waals surface area contributed by atoms with Crippen LogP contribution in [0.3, 0.4) is 0 Å². The van der Waals surface area contributed by atoms with E-state index < -0.39 is 0 Å². The Morgan fingerprint density at radius 1 is 0.792 bits per heavy atom. The lowest BCUT2D eigenvalue weighted by molar-refractivity contribution is -0.115. The maximum Gasteiger partial charge on any atom is 0.228 e. The van der Waals surface area contributed by atoms with Crippen LogP contribution in [0.1, 0.15) is 5.56 Å². The molecule has 1 amide bonds. The number of hydrogen-bond donors (Lipinski definition) is 2. The number of benzene rings is 3. The van der Waals surface area contributed by atoms with Crippen LogP contribution in [0, 0.1) is 5.82 Å². The molecule has 24 heavy (non-hydrogen) atoms. The molecule has 3 nitrogen and oxygen atoms in total. The summed E-state index contributed by atoms with van der Waals surface area (Å²) in [5.74, 6) is -0.634. The van der Waals surface area contributed by atoms with Crippen LogP contribution in [0.4, 0.5) is 21.5 Å². The number of carbonyl (C=O) groups excluding carboxylic acids is 1. The normalized spacial score (nSPS) is 10.2. The van der Waals surface area contributed by atoms with E-state index in [1.165, 1.54) is 6.07 Å². The van der Waals surface area contributed by atoms with E-state index in [9.17, 15) is 9.18 Å². The average Bonchev–Trinajstić information content (AvgIpc) is 2.60. The largest absolute Gasteiger partial charge is 0.354 e. The summed E-state index contributed by atoms with van der Waals surface area (Å²) in [5, 5.41) is 6.10. The average molecular weight is 320 g/mol. The Kier molecular flexibility index (Phi) is 4.87. The van der Waals surface area contributed by atoms with Gasteiger partial charge in [-0.2, -0.15) is 0 Å². The van der Waals surface area contributed by atoms with Gasteiger partial charge in [0.2, 0.25) is 5.91 Å². The van der Waals surface area contributed by atoms with Crippen LogP contribution in [0.15, 0.2) is 78.9 Å². The molecule has 120 valence electrons. The Hall–Kier alpha value is -3.14. The number of rotatable bonds is 5. The Balaban J connectivity index is 1.73. The van der Waals surface area contributed by atoms with Crippen molar-refractivity contribution >= 4 is 23.0 Å². The summed E-state index contributed by atoms with van der Waals surface area (Å²) in [6.45, 7) is 0. The molecule has 0 heterocycles. The molecule has 0 spiro atoms. The van der Waals surface area contributed by atoms with Gasteiger partial charge in [0.05, 0.1) is 17.8 Å². The molecule has 3 aromatic rings. The van der Waals surface area contributed by atoms with E-state index in [1.54, 1.807) is 18.2 Å². The molecule has 2 N–H and O–H groups in total. The Morgan fingerprint density at radius 3 is 2.17 bits per heavy atom. The second kappa shape index (κ2) is 7.42. The van der Waals surface area contributed by atoms with Crippen LogP contribution < -0.4 is 10.6 Å². The minimum Gasteiger partial charge on any atom is -0.354 e. The molecule has 0 aromatic heterocycles. The Morgan fingerprint density at radius 2 is 1.42 bits per heavy atom. The fourth-order valence-electron chi connectivity index (χ4n) is 2.39. The first-order valence-corrected chi connectivity index (χ1v) is 7.67. The predicted molar refractivity (Wildman–Crippen MR) is 94.9 cm³/mol. The van der Waals surface area contributed by atoms with Crippen molar-refractivity contribution in [3.63, 3.8) is 0 Å². The molecule has 0 unspecified atom stereocenters. The van der Waals surface area contributed by atoms with Crippen LogP contribution in [0.2, 0.25) is 0 Å². The maximum atomic E-state index is 13.7. The van der Waals surface area contributed by atoms with E-state index in [2.05, 4.69) is 10.6 Å². The van der Waals surface area contributed by atoms with Gasteiger partial charge in [-0.05, 0) is 35.9 Å². The van der Waals surface area contributed by atoms with Crippen LogP contribution >= 0.6 is 0 Å². The van der Waals surface area contributed by atoms with E-state index in [4.69, 9.17) is 0 Å². The molecule has 0 bridgehead atoms. The summed E-state index contributed by atoms with van der Waals surface area (Å²) in [6.07, 6.45) is -0.00759. The summed E-state index contributed by atoms with van der Waals surface area (Å²) in [7, 11) is 0. The molecule has 0 fully saturated rings. The lowest BCUT2D eigenvalue weighted by Crippen LogP contribution is -2.16. The highest BCUT2D eigenvalue weighted by molar-refractivity contribution is 5.96. The van der Waals surface area contributed by atoms with Crippen LogP contribution in [-0.2, 0) is 11.2 Å². The first-order valence-electron chi connectivity index (χ1n) is 7.67. The van der Waals surface area contributed by atoms with E-state index in [1.807, 2.05) is 54.6 Å². The number of nitrogens with one attached hydrogen (secondary N) is 2. The molecule has 4 heteroatoms. The van der Waals surface area contributed by atoms with Crippen LogP contribution in [-0.4, -0.2) is 5.91 Å². The molecule has 0 saturated carbocycles. The van der Waals surface area contributed by atoms with Gasteiger partial charge >= 0.3 is 0 Å². The molecule has 0 aliphatic heterocycles. The number of anilines is 3. The van der Waals surface area contributed by atoms with Crippen molar-refractivity contribution in [2.75, 3.05) is 10.6 Å². The number of halogens is 1. The standard InChI is InChI=1S/C20H17FN2O/c21-17-11-5-4-8-15(17)14-20(24)23-19-13-7-6-12-18(19)22-16-9-2-1-3-10-16/h1-13,22H,14H2,(H,23,24). The topological polar surface area (TPSA) is 41.1 Å². The van der Waals surface area contributed by atoms with Gasteiger partial charge in [-0.15, -0.1) is 0 Å². The predicted octanol–water partition coefficient (Wildman–Crippen LogP) is 4.75. The van der Waals surface area contributed by atoms with E-state index in [0.29, 0.717) is 11.3 Å². The highest BCUT2D eigenvalue weighted by Gasteiger charge is 2.10. The minimum absolute atomic E-state index is 0.00759. The number of hydrogen-bond acceptors (Lipinski definition) is 2. The third kappa shape index (κ3) is 3.98. The molecule has 3 aromatic carbocycles. The minimum atomic E-state index is -0.372. The fourth-order valence-corrected chi connectivity index (χ4v) is 2.39. The zero-order valence-electron chi connectivity index (χ0n) is 13.0. The lowest BCUT2D eigenvalue weighted by atomic mass is 10.1. The SMILES string of the molecule is O=C(Cc1ccccc1F)Nc1ccccc1Nc1ccccc1. The van der Waals surface area contributed by atoms with Crippen molar-refractivity contribution in [3.8, 4) is 0 Å². The van der Waals surface area contributed by atoms with Crippen molar-refractivity contribution in [3.05, 3.63) is 90.2 Å². The quantitative estimate of drug-likeness (QED) is 0.712. The summed E-state index contributed by atoms with van der Waals surface area (Å²) in [4.78, 5) is 12.2. The maximum absolute atomic E-state index is 13.7. The number of amides is 1. The molecular weight excluding hydrogens is 303 g/mol. The third-order valence-corrected chi connectivity index (χ3v) is 3.56. The first-order chi connectivity index (χ1) is 11.7. The first kappa shape index (κ1) is 15.7. The smallest absolute Gasteiger partial charge is 0.228 e. The van der Waals surface area contributed by atoms with Gasteiger partial charge < -0.3 is 10.6 Å². The molecule has 0 atom stereocenters. The third-order valence-electron chi connectivity index (χ3n) is 3.56. The zero-order chi connectivity index (χ0) is 16.8. The van der Waals surface area contributed by atoms with E-state index in [-0.39, 0.29) is 18.1 Å². The molecule has 0 saturated heterocycles. The Labute approximate surface area is 140 Å². The molecule has 0 radical (unpaired) electrons. The van der Waals surface area contributed by atoms with Gasteiger partial charge in [0.1, 0.15) is 5.82 Å². The Bertz CT molecular complexity index is 834. The van der Waals surface area contributed by atoms with Gasteiger partial charge in [-0.3, -0.25) is 4.79 Å². The fraction of sp³-hybridized carbons (Fsp3) is 0.0500. The van der Waals surface area contributed by atoms with Gasteiger partial charge in [-0.1, -0.05) is 48.5 Å². The monoisotopic (exact) mass is 320 g/mol.